The monoisotopic (exact) mass is 1930 g/mol. The molecule has 0 aliphatic carbocycles. The Labute approximate surface area is 778 Å². The van der Waals surface area contributed by atoms with Crippen LogP contribution in [0.15, 0.2) is 229 Å². The van der Waals surface area contributed by atoms with E-state index in [-0.39, 0.29) is 49.9 Å². The zero-order chi connectivity index (χ0) is 89.8. The molecule has 18 rings (SSSR count). The van der Waals surface area contributed by atoms with Crippen LogP contribution in [0.3, 0.4) is 0 Å². The van der Waals surface area contributed by atoms with Gasteiger partial charge in [0.1, 0.15) is 11.5 Å². The van der Waals surface area contributed by atoms with Crippen LogP contribution in [0.4, 0.5) is 34.1 Å². The summed E-state index contributed by atoms with van der Waals surface area (Å²) in [6.07, 6.45) is 39.6. The molecule has 0 saturated carbocycles. The molecule has 0 atom stereocenters. The standard InChI is InChI=1S/C18H23NO3.2C18H23NO.2C16H11BrN2O3.C16H11BrN2O2S/c1-21-16-12-15(13-17(14-16)22-2)8-4-5-9-18(20)19-10-6-3-7-11-19;2*1-15-10-11-16(2)17(14-15)8-4-5-9-18(20)19-12-6-3-7-13-19;17-12-2-4-14-16(22-8-21-14)11(12)7-18-10-1-3-13-9(5-10)6-15(20)19-13;17-12-6-15-14(21-8-22-15)4-10(12)7-18-11-1-2-13-9(3-11)5-16(20)19-13;17-12-2-4-14-16(21-8-20-14)11(12)7-18-10-1-3-13-9(5-10)6-15(22)19-13/h4-5,8-9,12-14H,3,6-7,10-11H2,1-2H3;2*4-5,8-11,14H,3,6-7,12-13H2,1-2H3;1-5,7H,6,8H2,(H,19,20);1-4,6-7H,5,8H2,(H,19,20);1-5,7H,6,8H2,(H,19,22)/b2*8-4+,9-5+;8-4+,9-5-;;;. The molecule has 9 heterocycles. The molecule has 9 aromatic rings. The second kappa shape index (κ2) is 46.3. The van der Waals surface area contributed by atoms with E-state index in [4.69, 9.17) is 50.1 Å². The first-order valence-electron chi connectivity index (χ1n) is 42.6. The maximum absolute atomic E-state index is 12.0. The Bertz CT molecular complexity index is 5620. The highest BCUT2D eigenvalue weighted by Gasteiger charge is 2.25. The van der Waals surface area contributed by atoms with Gasteiger partial charge in [0.05, 0.1) is 60.2 Å². The minimum absolute atomic E-state index is 0.0188. The number of allylic oxidation sites excluding steroid dienone is 6. The van der Waals surface area contributed by atoms with Crippen LogP contribution in [0.2, 0.25) is 0 Å². The van der Waals surface area contributed by atoms with E-state index in [9.17, 15) is 24.0 Å². The summed E-state index contributed by atoms with van der Waals surface area (Å²) in [5, 5.41) is 8.79. The number of methoxy groups -OCH3 is 2. The number of benzene rings is 9. The molecular formula is C102H102Br3N9O13S. The van der Waals surface area contributed by atoms with Gasteiger partial charge in [-0.3, -0.25) is 38.9 Å². The van der Waals surface area contributed by atoms with E-state index in [2.05, 4.69) is 155 Å². The lowest BCUT2D eigenvalue weighted by Crippen LogP contribution is -2.34. The summed E-state index contributed by atoms with van der Waals surface area (Å²) in [5.74, 6) is 6.21. The predicted octanol–water partition coefficient (Wildman–Crippen LogP) is 22.1. The summed E-state index contributed by atoms with van der Waals surface area (Å²) in [6.45, 7) is 14.5. The van der Waals surface area contributed by atoms with Gasteiger partial charge in [0, 0.05) is 125 Å². The lowest BCUT2D eigenvalue weighted by molar-refractivity contribution is -0.127. The molecule has 660 valence electrons. The minimum Gasteiger partial charge on any atom is -0.497 e. The number of carbonyl (C=O) groups is 5. The van der Waals surface area contributed by atoms with Gasteiger partial charge >= 0.3 is 0 Å². The van der Waals surface area contributed by atoms with Crippen molar-refractivity contribution in [1.29, 1.82) is 0 Å². The molecule has 3 N–H and O–H groups in total. The molecule has 0 spiro atoms. The number of nitrogens with one attached hydrogen (secondary N) is 3. The molecule has 26 heteroatoms. The zero-order valence-electron chi connectivity index (χ0n) is 72.4. The van der Waals surface area contributed by atoms with Crippen molar-refractivity contribution in [3.63, 3.8) is 0 Å². The third-order valence-corrected chi connectivity index (χ3v) is 24.2. The number of aliphatic imine (C=N–C) groups is 3. The number of piperidine rings is 3. The molecule has 0 radical (unpaired) electrons. The number of fused-ring (bicyclic) bond motifs is 6. The fraction of sp³-hybridized carbons (Fsp3) is 0.265. The van der Waals surface area contributed by atoms with E-state index in [1.54, 1.807) is 57.2 Å². The van der Waals surface area contributed by atoms with Gasteiger partial charge in [-0.1, -0.05) is 114 Å². The number of rotatable bonds is 17. The van der Waals surface area contributed by atoms with Crippen molar-refractivity contribution in [2.75, 3.05) is 89.8 Å². The first kappa shape index (κ1) is 93.2. The smallest absolute Gasteiger partial charge is 0.246 e. The fourth-order valence-corrected chi connectivity index (χ4v) is 16.4. The summed E-state index contributed by atoms with van der Waals surface area (Å²) in [5.41, 5.74) is 19.4. The normalized spacial score (nSPS) is 15.6. The lowest BCUT2D eigenvalue weighted by Gasteiger charge is -2.25. The van der Waals surface area contributed by atoms with Gasteiger partial charge in [0.25, 0.3) is 0 Å². The number of nitrogens with zero attached hydrogens (tertiary/aromatic N) is 6. The Morgan fingerprint density at radius 3 is 1.22 bits per heavy atom. The molecule has 0 bridgehead atoms. The molecule has 9 aliphatic rings. The fourth-order valence-electron chi connectivity index (χ4n) is 14.9. The van der Waals surface area contributed by atoms with Crippen molar-refractivity contribution < 1.29 is 61.9 Å². The van der Waals surface area contributed by atoms with Crippen molar-refractivity contribution in [1.82, 2.24) is 14.7 Å². The molecule has 0 aromatic heterocycles. The molecular weight excluding hydrogens is 1830 g/mol. The van der Waals surface area contributed by atoms with Gasteiger partial charge in [-0.05, 0) is 281 Å². The van der Waals surface area contributed by atoms with Gasteiger partial charge in [-0.25, -0.2) is 0 Å². The number of anilines is 3. The quantitative estimate of drug-likeness (QED) is 0.0332. The van der Waals surface area contributed by atoms with Crippen molar-refractivity contribution in [2.24, 2.45) is 15.0 Å². The minimum atomic E-state index is 0.0188. The highest BCUT2D eigenvalue weighted by atomic mass is 79.9. The molecule has 128 heavy (non-hydrogen) atoms. The molecule has 9 aromatic carbocycles. The highest BCUT2D eigenvalue weighted by molar-refractivity contribution is 9.11. The van der Waals surface area contributed by atoms with E-state index in [1.807, 2.05) is 160 Å². The van der Waals surface area contributed by atoms with Crippen molar-refractivity contribution in [2.45, 2.75) is 105 Å². The number of amides is 5. The average molecular weight is 1930 g/mol. The Kier molecular flexibility index (Phi) is 33.7. The first-order chi connectivity index (χ1) is 62.1. The SMILES string of the molecule is COc1cc(/C=C/C=C/C(=O)N2CCCCC2)cc(OC)c1.Cc1ccc(C)c(/C=C/C=C/C(=O)N2CCCCC2)c1.Cc1ccc(C)c(/C=C/C=C\C(=O)N2CCCCC2)c1.O=C1Cc2cc(N=Cc3c(Br)ccc4c3OCO4)ccc2N1.O=C1Cc2cc(N=Cc3cc4c(cc3Br)OCO4)ccc2N1.S=C1Cc2cc(N=Cc3c(Br)ccc4c3OCO4)ccc2N1. The van der Waals surface area contributed by atoms with Gasteiger partial charge in [-0.2, -0.15) is 0 Å². The Balaban J connectivity index is 0.000000131. The van der Waals surface area contributed by atoms with Crippen LogP contribution in [0.1, 0.15) is 130 Å². The van der Waals surface area contributed by atoms with Crippen LogP contribution >= 0.6 is 60.0 Å². The maximum atomic E-state index is 12.0. The largest absolute Gasteiger partial charge is 0.497 e. The van der Waals surface area contributed by atoms with Crippen LogP contribution in [-0.4, -0.2) is 142 Å². The molecule has 3 saturated heterocycles. The predicted molar refractivity (Wildman–Crippen MR) is 524 cm³/mol. The molecule has 0 unspecified atom stereocenters. The molecule has 3 fully saturated rings. The number of hydrogen-bond donors (Lipinski definition) is 3. The van der Waals surface area contributed by atoms with E-state index in [1.165, 1.54) is 58.2 Å². The van der Waals surface area contributed by atoms with Crippen LogP contribution in [0, 0.1) is 27.7 Å². The van der Waals surface area contributed by atoms with Crippen LogP contribution in [0.25, 0.3) is 18.2 Å². The summed E-state index contributed by atoms with van der Waals surface area (Å²) < 4.78 is 45.6. The van der Waals surface area contributed by atoms with E-state index < -0.39 is 0 Å². The maximum Gasteiger partial charge on any atom is 0.246 e. The average Bonchev–Trinajstić information content (AvgIpc) is 1.56. The number of aryl methyl sites for hydroxylation is 4. The number of hydrogen-bond acceptors (Lipinski definition) is 17. The van der Waals surface area contributed by atoms with Crippen molar-refractivity contribution in [3.05, 3.63) is 286 Å². The van der Waals surface area contributed by atoms with Gasteiger partial charge < -0.3 is 68.5 Å². The molecule has 9 aliphatic heterocycles. The zero-order valence-corrected chi connectivity index (χ0v) is 78.0. The molecule has 22 nitrogen and oxygen atoms in total. The van der Waals surface area contributed by atoms with Crippen molar-refractivity contribution in [3.8, 4) is 46.0 Å². The van der Waals surface area contributed by atoms with Gasteiger partial charge in [-0.15, -0.1) is 0 Å². The Hall–Kier alpha value is -12.5. The number of ether oxygens (including phenoxy) is 8. The van der Waals surface area contributed by atoms with E-state index >= 15 is 0 Å². The second-order valence-electron chi connectivity index (χ2n) is 31.3. The van der Waals surface area contributed by atoms with E-state index in [0.717, 1.165) is 199 Å². The van der Waals surface area contributed by atoms with Gasteiger partial charge in [0.2, 0.25) is 49.9 Å². The summed E-state index contributed by atoms with van der Waals surface area (Å²) in [7, 11) is 3.25. The first-order valence-corrected chi connectivity index (χ1v) is 45.4. The third-order valence-electron chi connectivity index (χ3n) is 21.9. The van der Waals surface area contributed by atoms with Gasteiger partial charge in [0.15, 0.2) is 34.5 Å². The summed E-state index contributed by atoms with van der Waals surface area (Å²) in [6, 6.07) is 47.1. The van der Waals surface area contributed by atoms with E-state index in [0.29, 0.717) is 30.1 Å². The Morgan fingerprint density at radius 2 is 0.781 bits per heavy atom. The Morgan fingerprint density at radius 1 is 0.391 bits per heavy atom. The number of likely N-dealkylation sites (tertiary alicyclic amines) is 3. The summed E-state index contributed by atoms with van der Waals surface area (Å²) >= 11 is 15.7. The van der Waals surface area contributed by atoms with Crippen molar-refractivity contribution >= 4 is 166 Å². The number of thiocarbonyl (C=S) groups is 1. The third kappa shape index (κ3) is 26.6. The number of carbonyl (C=O) groups excluding carboxylic acids is 5. The van der Waals surface area contributed by atoms with Crippen LogP contribution < -0.4 is 53.8 Å². The summed E-state index contributed by atoms with van der Waals surface area (Å²) in [4.78, 5) is 78.7. The number of halogens is 3. The second-order valence-corrected chi connectivity index (χ2v) is 34.3. The topological polar surface area (TPSA) is 242 Å². The highest BCUT2D eigenvalue weighted by Crippen LogP contribution is 2.42. The van der Waals surface area contributed by atoms with Crippen LogP contribution in [0.5, 0.6) is 46.0 Å². The molecule has 5 amide bonds. The lowest BCUT2D eigenvalue weighted by atomic mass is 10.1. The van der Waals surface area contributed by atoms with Crippen LogP contribution in [-0.2, 0) is 43.2 Å².